The van der Waals surface area contributed by atoms with Crippen LogP contribution in [0.25, 0.3) is 11.1 Å². The smallest absolute Gasteiger partial charge is 0.307 e. The molecule has 0 saturated heterocycles. The molecule has 1 unspecified atom stereocenters. The molecule has 2 atom stereocenters. The van der Waals surface area contributed by atoms with Crippen LogP contribution in [0.4, 0.5) is 5.69 Å². The number of carboxylic acid groups (broad SMARTS) is 1. The molecule has 2 aromatic carbocycles. The molecule has 0 amide bonds. The van der Waals surface area contributed by atoms with Gasteiger partial charge in [-0.15, -0.1) is 0 Å². The van der Waals surface area contributed by atoms with Crippen LogP contribution in [0.2, 0.25) is 0 Å². The van der Waals surface area contributed by atoms with E-state index in [4.69, 9.17) is 5.73 Å². The van der Waals surface area contributed by atoms with E-state index in [-0.39, 0.29) is 5.78 Å². The van der Waals surface area contributed by atoms with Crippen molar-refractivity contribution < 1.29 is 14.7 Å². The van der Waals surface area contributed by atoms with Gasteiger partial charge in [0.05, 0.1) is 5.92 Å². The van der Waals surface area contributed by atoms with E-state index >= 15 is 0 Å². The predicted molar refractivity (Wildman–Crippen MR) is 89.1 cm³/mol. The maximum absolute atomic E-state index is 12.6. The van der Waals surface area contributed by atoms with Crippen LogP contribution >= 0.6 is 0 Å². The van der Waals surface area contributed by atoms with E-state index in [0.29, 0.717) is 24.1 Å². The van der Waals surface area contributed by atoms with Gasteiger partial charge in [-0.25, -0.2) is 0 Å². The highest BCUT2D eigenvalue weighted by Gasteiger charge is 2.37. The summed E-state index contributed by atoms with van der Waals surface area (Å²) in [7, 11) is 0. The number of rotatable bonds is 4. The van der Waals surface area contributed by atoms with Crippen LogP contribution in [-0.4, -0.2) is 16.9 Å². The molecule has 1 fully saturated rings. The fourth-order valence-electron chi connectivity index (χ4n) is 3.29. The fourth-order valence-corrected chi connectivity index (χ4v) is 3.29. The maximum atomic E-state index is 12.6. The number of ketones is 1. The molecule has 2 aromatic rings. The van der Waals surface area contributed by atoms with Crippen molar-refractivity contribution >= 4 is 17.4 Å². The minimum atomic E-state index is -0.862. The molecule has 0 radical (unpaired) electrons. The van der Waals surface area contributed by atoms with Gasteiger partial charge in [-0.05, 0) is 36.1 Å². The van der Waals surface area contributed by atoms with E-state index in [1.807, 2.05) is 36.4 Å². The van der Waals surface area contributed by atoms with E-state index in [1.54, 1.807) is 12.1 Å². The molecule has 118 valence electrons. The van der Waals surface area contributed by atoms with Gasteiger partial charge in [0.25, 0.3) is 0 Å². The lowest BCUT2D eigenvalue weighted by Crippen LogP contribution is -2.25. The molecule has 4 heteroatoms. The first-order valence-corrected chi connectivity index (χ1v) is 7.79. The van der Waals surface area contributed by atoms with Crippen molar-refractivity contribution in [2.75, 3.05) is 5.73 Å². The van der Waals surface area contributed by atoms with Gasteiger partial charge in [-0.3, -0.25) is 9.59 Å². The van der Waals surface area contributed by atoms with E-state index in [2.05, 4.69) is 0 Å². The van der Waals surface area contributed by atoms with Crippen LogP contribution in [0.5, 0.6) is 0 Å². The zero-order chi connectivity index (χ0) is 16.4. The van der Waals surface area contributed by atoms with Crippen LogP contribution < -0.4 is 5.73 Å². The average molecular weight is 309 g/mol. The summed E-state index contributed by atoms with van der Waals surface area (Å²) >= 11 is 0. The molecule has 0 aromatic heterocycles. The molecule has 3 N–H and O–H groups in total. The number of hydrogen-bond donors (Lipinski definition) is 2. The number of hydrogen-bond acceptors (Lipinski definition) is 3. The molecule has 0 bridgehead atoms. The minimum Gasteiger partial charge on any atom is -0.481 e. The van der Waals surface area contributed by atoms with Crippen LogP contribution in [0.3, 0.4) is 0 Å². The Morgan fingerprint density at radius 1 is 0.870 bits per heavy atom. The first-order valence-electron chi connectivity index (χ1n) is 7.79. The predicted octanol–water partition coefficient (Wildman–Crippen LogP) is 3.62. The van der Waals surface area contributed by atoms with Crippen LogP contribution in [0.1, 0.15) is 29.6 Å². The second kappa shape index (κ2) is 6.24. The van der Waals surface area contributed by atoms with E-state index < -0.39 is 17.8 Å². The van der Waals surface area contributed by atoms with Crippen molar-refractivity contribution in [1.82, 2.24) is 0 Å². The molecular formula is C19H19NO3. The number of aliphatic carboxylic acids is 1. The topological polar surface area (TPSA) is 80.4 Å². The lowest BCUT2D eigenvalue weighted by atomic mass is 9.88. The van der Waals surface area contributed by atoms with Crippen LogP contribution in [0.15, 0.2) is 48.5 Å². The Hall–Kier alpha value is -2.62. The van der Waals surface area contributed by atoms with Gasteiger partial charge in [-0.2, -0.15) is 0 Å². The van der Waals surface area contributed by atoms with Crippen LogP contribution in [-0.2, 0) is 4.79 Å². The summed E-state index contributed by atoms with van der Waals surface area (Å²) in [5.41, 5.74) is 9.01. The highest BCUT2D eigenvalue weighted by Crippen LogP contribution is 2.34. The van der Waals surface area contributed by atoms with Crippen molar-refractivity contribution in [3.8, 4) is 11.1 Å². The first-order chi connectivity index (χ1) is 11.1. The molecule has 1 aliphatic rings. The second-order valence-electron chi connectivity index (χ2n) is 6.05. The Bertz CT molecular complexity index is 719. The standard InChI is InChI=1S/C19H19NO3/c20-15-10-8-13(9-11-15)12-4-6-14(7-5-12)18(21)16-2-1-3-17(16)19(22)23/h4-11,16-17H,1-3,20H2,(H,22,23)/t16?,17-/m0/s1. The summed E-state index contributed by atoms with van der Waals surface area (Å²) in [6.45, 7) is 0. The van der Waals surface area contributed by atoms with Gasteiger partial charge in [-0.1, -0.05) is 42.8 Å². The summed E-state index contributed by atoms with van der Waals surface area (Å²) in [5, 5.41) is 9.23. The Kier molecular flexibility index (Phi) is 4.15. The average Bonchev–Trinajstić information content (AvgIpc) is 3.05. The molecule has 23 heavy (non-hydrogen) atoms. The lowest BCUT2D eigenvalue weighted by molar-refractivity contribution is -0.142. The Labute approximate surface area is 134 Å². The fraction of sp³-hybridized carbons (Fsp3) is 0.263. The number of nitrogens with two attached hydrogens (primary N) is 1. The molecule has 3 rings (SSSR count). The molecule has 1 aliphatic carbocycles. The van der Waals surface area contributed by atoms with Crippen LogP contribution in [0, 0.1) is 11.8 Å². The van der Waals surface area contributed by atoms with Gasteiger partial charge in [0.15, 0.2) is 5.78 Å². The molecule has 1 saturated carbocycles. The highest BCUT2D eigenvalue weighted by molar-refractivity contribution is 6.00. The zero-order valence-electron chi connectivity index (χ0n) is 12.7. The quantitative estimate of drug-likeness (QED) is 0.667. The molecule has 0 heterocycles. The summed E-state index contributed by atoms with van der Waals surface area (Å²) in [6, 6.07) is 14.9. The number of carboxylic acids is 1. The SMILES string of the molecule is Nc1ccc(-c2ccc(C(=O)C3CCC[C@@H]3C(=O)O)cc2)cc1. The van der Waals surface area contributed by atoms with Gasteiger partial charge in [0.2, 0.25) is 0 Å². The van der Waals surface area contributed by atoms with Gasteiger partial charge >= 0.3 is 5.97 Å². The summed E-state index contributed by atoms with van der Waals surface area (Å²) < 4.78 is 0. The molecule has 0 aliphatic heterocycles. The van der Waals surface area contributed by atoms with Crippen molar-refractivity contribution in [3.63, 3.8) is 0 Å². The monoisotopic (exact) mass is 309 g/mol. The summed E-state index contributed by atoms with van der Waals surface area (Å²) in [5.74, 6) is -1.85. The zero-order valence-corrected chi connectivity index (χ0v) is 12.7. The second-order valence-corrected chi connectivity index (χ2v) is 6.05. The van der Waals surface area contributed by atoms with Gasteiger partial charge < -0.3 is 10.8 Å². The van der Waals surface area contributed by atoms with E-state index in [0.717, 1.165) is 17.5 Å². The first kappa shape index (κ1) is 15.3. The number of anilines is 1. The third kappa shape index (κ3) is 3.11. The number of nitrogen functional groups attached to an aromatic ring is 1. The number of Topliss-reactive ketones (excluding diaryl/α,β-unsaturated/α-hetero) is 1. The normalized spacial score (nSPS) is 20.3. The Balaban J connectivity index is 1.80. The van der Waals surface area contributed by atoms with Crippen molar-refractivity contribution in [3.05, 3.63) is 54.1 Å². The molecule has 0 spiro atoms. The summed E-state index contributed by atoms with van der Waals surface area (Å²) in [4.78, 5) is 23.8. The van der Waals surface area contributed by atoms with Gasteiger partial charge in [0, 0.05) is 17.2 Å². The maximum Gasteiger partial charge on any atom is 0.307 e. The Morgan fingerprint density at radius 2 is 1.39 bits per heavy atom. The number of carbonyl (C=O) groups excluding carboxylic acids is 1. The Morgan fingerprint density at radius 3 is 1.96 bits per heavy atom. The van der Waals surface area contributed by atoms with Gasteiger partial charge in [0.1, 0.15) is 0 Å². The number of benzene rings is 2. The minimum absolute atomic E-state index is 0.0567. The van der Waals surface area contributed by atoms with Crippen molar-refractivity contribution in [1.29, 1.82) is 0 Å². The van der Waals surface area contributed by atoms with E-state index in [1.165, 1.54) is 0 Å². The molecular weight excluding hydrogens is 290 g/mol. The van der Waals surface area contributed by atoms with Crippen molar-refractivity contribution in [2.45, 2.75) is 19.3 Å². The summed E-state index contributed by atoms with van der Waals surface area (Å²) in [6.07, 6.45) is 2.06. The highest BCUT2D eigenvalue weighted by atomic mass is 16.4. The van der Waals surface area contributed by atoms with E-state index in [9.17, 15) is 14.7 Å². The molecule has 4 nitrogen and oxygen atoms in total. The third-order valence-corrected chi connectivity index (χ3v) is 4.58. The van der Waals surface area contributed by atoms with Crippen molar-refractivity contribution in [2.24, 2.45) is 11.8 Å². The third-order valence-electron chi connectivity index (χ3n) is 4.58. The number of carbonyl (C=O) groups is 2. The lowest BCUT2D eigenvalue weighted by Gasteiger charge is -2.14. The largest absolute Gasteiger partial charge is 0.481 e.